The third-order valence-corrected chi connectivity index (χ3v) is 4.65. The van der Waals surface area contributed by atoms with Crippen LogP contribution in [0.3, 0.4) is 0 Å². The fourth-order valence-corrected chi connectivity index (χ4v) is 3.01. The first-order valence-electron chi connectivity index (χ1n) is 7.11. The van der Waals surface area contributed by atoms with Crippen LogP contribution < -0.4 is 10.0 Å². The van der Waals surface area contributed by atoms with E-state index in [4.69, 9.17) is 0 Å². The minimum atomic E-state index is -4.44. The molecule has 0 aliphatic carbocycles. The van der Waals surface area contributed by atoms with E-state index < -0.39 is 21.8 Å². The number of hydrogen-bond donors (Lipinski definition) is 2. The van der Waals surface area contributed by atoms with Crippen molar-refractivity contribution in [3.63, 3.8) is 0 Å². The molecule has 2 aromatic rings. The molecule has 2 aromatic carbocycles. The summed E-state index contributed by atoms with van der Waals surface area (Å²) in [5.74, 6) is -0.281. The van der Waals surface area contributed by atoms with Crippen LogP contribution >= 0.6 is 0 Å². The zero-order chi connectivity index (χ0) is 18.7. The summed E-state index contributed by atoms with van der Waals surface area (Å²) < 4.78 is 64.2. The molecule has 0 spiro atoms. The van der Waals surface area contributed by atoms with Gasteiger partial charge < -0.3 is 5.32 Å². The minimum Gasteiger partial charge on any atom is -0.326 e. The highest BCUT2D eigenvalue weighted by molar-refractivity contribution is 7.89. The number of hydrogen-bond acceptors (Lipinski definition) is 3. The summed E-state index contributed by atoms with van der Waals surface area (Å²) in [7, 11) is -3.83. The predicted molar refractivity (Wildman–Crippen MR) is 86.2 cm³/mol. The number of anilines is 1. The molecular formula is C16H15F3N2O3S. The van der Waals surface area contributed by atoms with Gasteiger partial charge >= 0.3 is 6.18 Å². The van der Waals surface area contributed by atoms with E-state index in [1.807, 2.05) is 0 Å². The van der Waals surface area contributed by atoms with E-state index in [0.717, 1.165) is 12.1 Å². The Labute approximate surface area is 142 Å². The third-order valence-electron chi connectivity index (χ3n) is 3.23. The predicted octanol–water partition coefficient (Wildman–Crippen LogP) is 3.14. The van der Waals surface area contributed by atoms with Gasteiger partial charge in [-0.1, -0.05) is 12.1 Å². The van der Waals surface area contributed by atoms with Crippen molar-refractivity contribution in [2.45, 2.75) is 24.5 Å². The second-order valence-corrected chi connectivity index (χ2v) is 6.99. The number of nitrogens with one attached hydrogen (secondary N) is 2. The molecule has 9 heteroatoms. The highest BCUT2D eigenvalue weighted by Crippen LogP contribution is 2.29. The van der Waals surface area contributed by atoms with Crippen LogP contribution in [0, 0.1) is 0 Å². The van der Waals surface area contributed by atoms with E-state index >= 15 is 0 Å². The van der Waals surface area contributed by atoms with Gasteiger partial charge in [-0.25, -0.2) is 13.1 Å². The monoisotopic (exact) mass is 372 g/mol. The molecule has 0 heterocycles. The van der Waals surface area contributed by atoms with E-state index in [1.165, 1.54) is 43.3 Å². The largest absolute Gasteiger partial charge is 0.416 e. The fraction of sp³-hybridized carbons (Fsp3) is 0.188. The molecule has 0 radical (unpaired) electrons. The Kier molecular flexibility index (Phi) is 5.48. The van der Waals surface area contributed by atoms with Crippen molar-refractivity contribution < 1.29 is 26.4 Å². The van der Waals surface area contributed by atoms with Crippen LogP contribution in [0.4, 0.5) is 18.9 Å². The molecule has 134 valence electrons. The fourth-order valence-electron chi connectivity index (χ4n) is 1.99. The molecule has 2 rings (SSSR count). The van der Waals surface area contributed by atoms with E-state index in [-0.39, 0.29) is 17.3 Å². The molecule has 5 nitrogen and oxygen atoms in total. The maximum atomic E-state index is 12.5. The van der Waals surface area contributed by atoms with Gasteiger partial charge in [0.2, 0.25) is 15.9 Å². The molecule has 1 amide bonds. The van der Waals surface area contributed by atoms with Crippen molar-refractivity contribution in [2.75, 3.05) is 5.32 Å². The van der Waals surface area contributed by atoms with E-state index in [1.54, 1.807) is 0 Å². The molecule has 2 N–H and O–H groups in total. The van der Waals surface area contributed by atoms with Crippen LogP contribution in [0.15, 0.2) is 53.4 Å². The average Bonchev–Trinajstić information content (AvgIpc) is 2.52. The molecular weight excluding hydrogens is 357 g/mol. The van der Waals surface area contributed by atoms with Gasteiger partial charge in [0.1, 0.15) is 0 Å². The van der Waals surface area contributed by atoms with Crippen LogP contribution in [0.25, 0.3) is 0 Å². The van der Waals surface area contributed by atoms with Crippen molar-refractivity contribution in [3.05, 3.63) is 59.7 Å². The number of alkyl halides is 3. The summed E-state index contributed by atoms with van der Waals surface area (Å²) in [4.78, 5) is 10.9. The summed E-state index contributed by atoms with van der Waals surface area (Å²) in [6.07, 6.45) is -4.44. The van der Waals surface area contributed by atoms with Crippen LogP contribution in [-0.2, 0) is 27.5 Å². The summed E-state index contributed by atoms with van der Waals surface area (Å²) in [6.45, 7) is 1.18. The van der Waals surface area contributed by atoms with Crippen molar-refractivity contribution >= 4 is 21.6 Å². The number of carbonyl (C=O) groups excluding carboxylic acids is 1. The normalized spacial score (nSPS) is 12.0. The molecule has 0 atom stereocenters. The van der Waals surface area contributed by atoms with E-state index in [9.17, 15) is 26.4 Å². The van der Waals surface area contributed by atoms with Crippen molar-refractivity contribution in [2.24, 2.45) is 0 Å². The van der Waals surface area contributed by atoms with Crippen LogP contribution in [-0.4, -0.2) is 14.3 Å². The number of benzene rings is 2. The summed E-state index contributed by atoms with van der Waals surface area (Å²) in [6, 6.07) is 9.73. The molecule has 0 aliphatic rings. The number of carbonyl (C=O) groups is 1. The summed E-state index contributed by atoms with van der Waals surface area (Å²) in [5.41, 5.74) is 0.0494. The third kappa shape index (κ3) is 5.30. The lowest BCUT2D eigenvalue weighted by atomic mass is 10.1. The van der Waals surface area contributed by atoms with Gasteiger partial charge in [0.15, 0.2) is 0 Å². The Morgan fingerprint density at radius 1 is 1.00 bits per heavy atom. The lowest BCUT2D eigenvalue weighted by Crippen LogP contribution is -2.23. The smallest absolute Gasteiger partial charge is 0.326 e. The highest BCUT2D eigenvalue weighted by atomic mass is 32.2. The first-order chi connectivity index (χ1) is 11.6. The Bertz CT molecular complexity index is 846. The molecule has 0 saturated carbocycles. The Balaban J connectivity index is 2.05. The molecule has 0 unspecified atom stereocenters. The molecule has 25 heavy (non-hydrogen) atoms. The molecule has 0 aliphatic heterocycles. The quantitative estimate of drug-likeness (QED) is 0.847. The first kappa shape index (κ1) is 18.9. The van der Waals surface area contributed by atoms with E-state index in [2.05, 4.69) is 10.0 Å². The maximum Gasteiger partial charge on any atom is 0.416 e. The van der Waals surface area contributed by atoms with Crippen molar-refractivity contribution in [1.82, 2.24) is 4.72 Å². The maximum absolute atomic E-state index is 12.5. The summed E-state index contributed by atoms with van der Waals surface area (Å²) in [5, 5.41) is 2.51. The highest BCUT2D eigenvalue weighted by Gasteiger charge is 2.29. The van der Waals surface area contributed by atoms with Gasteiger partial charge in [0.05, 0.1) is 10.5 Å². The lowest BCUT2D eigenvalue weighted by molar-refractivity contribution is -0.137. The van der Waals surface area contributed by atoms with Gasteiger partial charge in [0.25, 0.3) is 0 Å². The molecule has 0 bridgehead atoms. The van der Waals surface area contributed by atoms with Gasteiger partial charge in [-0.05, 0) is 42.0 Å². The van der Waals surface area contributed by atoms with E-state index in [0.29, 0.717) is 11.3 Å². The minimum absolute atomic E-state index is 0.0199. The SMILES string of the molecule is CC(=O)Nc1ccc(S(=O)(=O)NCc2ccc(C(F)(F)F)cc2)cc1. The second-order valence-electron chi connectivity index (χ2n) is 5.22. The molecule has 0 aromatic heterocycles. The van der Waals surface area contributed by atoms with Gasteiger partial charge in [-0.15, -0.1) is 0 Å². The number of rotatable bonds is 5. The lowest BCUT2D eigenvalue weighted by Gasteiger charge is -2.10. The zero-order valence-corrected chi connectivity index (χ0v) is 13.9. The Morgan fingerprint density at radius 2 is 1.56 bits per heavy atom. The molecule has 0 saturated heterocycles. The van der Waals surface area contributed by atoms with Gasteiger partial charge in [-0.3, -0.25) is 4.79 Å². The Hall–Kier alpha value is -2.39. The summed E-state index contributed by atoms with van der Waals surface area (Å²) >= 11 is 0. The Morgan fingerprint density at radius 3 is 2.04 bits per heavy atom. The standard InChI is InChI=1S/C16H15F3N2O3S/c1-11(22)21-14-6-8-15(9-7-14)25(23,24)20-10-12-2-4-13(5-3-12)16(17,18)19/h2-9,20H,10H2,1H3,(H,21,22). The second kappa shape index (κ2) is 7.24. The number of halogens is 3. The van der Waals surface area contributed by atoms with Crippen LogP contribution in [0.5, 0.6) is 0 Å². The molecule has 0 fully saturated rings. The number of amides is 1. The van der Waals surface area contributed by atoms with Crippen LogP contribution in [0.1, 0.15) is 18.1 Å². The van der Waals surface area contributed by atoms with Crippen LogP contribution in [0.2, 0.25) is 0 Å². The number of sulfonamides is 1. The van der Waals surface area contributed by atoms with Gasteiger partial charge in [-0.2, -0.15) is 13.2 Å². The van der Waals surface area contributed by atoms with Gasteiger partial charge in [0, 0.05) is 19.2 Å². The average molecular weight is 372 g/mol. The topological polar surface area (TPSA) is 75.3 Å². The van der Waals surface area contributed by atoms with Crippen molar-refractivity contribution in [3.8, 4) is 0 Å². The zero-order valence-electron chi connectivity index (χ0n) is 13.1. The van der Waals surface area contributed by atoms with Crippen molar-refractivity contribution in [1.29, 1.82) is 0 Å². The first-order valence-corrected chi connectivity index (χ1v) is 8.60.